The first kappa shape index (κ1) is 11.2. The summed E-state index contributed by atoms with van der Waals surface area (Å²) >= 11 is 0. The molecule has 1 aliphatic rings. The Labute approximate surface area is 104 Å². The van der Waals surface area contributed by atoms with Crippen LogP contribution in [0.3, 0.4) is 0 Å². The number of nitrogens with one attached hydrogen (secondary N) is 1. The highest BCUT2D eigenvalue weighted by Crippen LogP contribution is 2.31. The summed E-state index contributed by atoms with van der Waals surface area (Å²) in [5, 5.41) is 3.24. The fourth-order valence-electron chi connectivity index (χ4n) is 2.33. The Balaban J connectivity index is 2.13. The standard InChI is InChI=1S/C15H13F2N/c1-9-2-5-12(15(17)14(9)16)11-4-3-10-6-7-18-13(10)8-11/h2-5,8,18H,6-7H2,1H3. The first-order valence-corrected chi connectivity index (χ1v) is 5.98. The van der Waals surface area contributed by atoms with Crippen LogP contribution >= 0.6 is 0 Å². The number of rotatable bonds is 1. The summed E-state index contributed by atoms with van der Waals surface area (Å²) < 4.78 is 27.5. The zero-order valence-electron chi connectivity index (χ0n) is 10.1. The van der Waals surface area contributed by atoms with Crippen molar-refractivity contribution in [2.24, 2.45) is 0 Å². The molecular weight excluding hydrogens is 232 g/mol. The summed E-state index contributed by atoms with van der Waals surface area (Å²) in [5.41, 5.74) is 3.60. The minimum Gasteiger partial charge on any atom is -0.384 e. The molecule has 1 heterocycles. The van der Waals surface area contributed by atoms with Crippen LogP contribution in [0.4, 0.5) is 14.5 Å². The monoisotopic (exact) mass is 245 g/mol. The maximum absolute atomic E-state index is 13.9. The third-order valence-electron chi connectivity index (χ3n) is 3.41. The lowest BCUT2D eigenvalue weighted by atomic mass is 10.0. The summed E-state index contributed by atoms with van der Waals surface area (Å²) in [6, 6.07) is 8.94. The van der Waals surface area contributed by atoms with E-state index < -0.39 is 11.6 Å². The van der Waals surface area contributed by atoms with Crippen LogP contribution in [-0.4, -0.2) is 6.54 Å². The van der Waals surface area contributed by atoms with Crippen molar-refractivity contribution in [3.63, 3.8) is 0 Å². The van der Waals surface area contributed by atoms with Crippen LogP contribution in [0.5, 0.6) is 0 Å². The smallest absolute Gasteiger partial charge is 0.166 e. The van der Waals surface area contributed by atoms with E-state index in [4.69, 9.17) is 0 Å². The number of hydrogen-bond donors (Lipinski definition) is 1. The second-order valence-electron chi connectivity index (χ2n) is 4.61. The number of anilines is 1. The topological polar surface area (TPSA) is 12.0 Å². The van der Waals surface area contributed by atoms with Crippen molar-refractivity contribution in [2.45, 2.75) is 13.3 Å². The van der Waals surface area contributed by atoms with E-state index >= 15 is 0 Å². The third-order valence-corrected chi connectivity index (χ3v) is 3.41. The van der Waals surface area contributed by atoms with E-state index in [1.54, 1.807) is 19.1 Å². The summed E-state index contributed by atoms with van der Waals surface area (Å²) in [6.07, 6.45) is 0.986. The fourth-order valence-corrected chi connectivity index (χ4v) is 2.33. The Morgan fingerprint density at radius 2 is 1.89 bits per heavy atom. The Hall–Kier alpha value is -1.90. The second kappa shape index (κ2) is 4.09. The zero-order chi connectivity index (χ0) is 12.7. The number of aryl methyl sites for hydroxylation is 1. The maximum atomic E-state index is 13.9. The molecule has 1 nitrogen and oxygen atoms in total. The van der Waals surface area contributed by atoms with Crippen LogP contribution in [0.2, 0.25) is 0 Å². The van der Waals surface area contributed by atoms with E-state index in [1.807, 2.05) is 18.2 Å². The van der Waals surface area contributed by atoms with E-state index in [0.717, 1.165) is 18.7 Å². The highest BCUT2D eigenvalue weighted by atomic mass is 19.2. The quantitative estimate of drug-likeness (QED) is 0.803. The fraction of sp³-hybridized carbons (Fsp3) is 0.200. The molecule has 0 bridgehead atoms. The molecule has 0 amide bonds. The van der Waals surface area contributed by atoms with Crippen LogP contribution in [0.25, 0.3) is 11.1 Å². The van der Waals surface area contributed by atoms with Crippen molar-refractivity contribution in [2.75, 3.05) is 11.9 Å². The molecule has 0 atom stereocenters. The van der Waals surface area contributed by atoms with Crippen molar-refractivity contribution < 1.29 is 8.78 Å². The van der Waals surface area contributed by atoms with Gasteiger partial charge in [0, 0.05) is 17.8 Å². The van der Waals surface area contributed by atoms with Crippen molar-refractivity contribution in [3.05, 3.63) is 53.1 Å². The molecule has 2 aromatic rings. The lowest BCUT2D eigenvalue weighted by molar-refractivity contribution is 0.505. The molecule has 3 heteroatoms. The number of benzene rings is 2. The molecule has 0 radical (unpaired) electrons. The maximum Gasteiger partial charge on any atom is 0.166 e. The molecule has 92 valence electrons. The van der Waals surface area contributed by atoms with Gasteiger partial charge in [-0.15, -0.1) is 0 Å². The van der Waals surface area contributed by atoms with Crippen LogP contribution in [0.1, 0.15) is 11.1 Å². The van der Waals surface area contributed by atoms with Crippen molar-refractivity contribution in [1.82, 2.24) is 0 Å². The van der Waals surface area contributed by atoms with Gasteiger partial charge in [0.2, 0.25) is 0 Å². The Morgan fingerprint density at radius 1 is 1.06 bits per heavy atom. The van der Waals surface area contributed by atoms with Crippen LogP contribution in [0.15, 0.2) is 30.3 Å². The van der Waals surface area contributed by atoms with Crippen LogP contribution in [-0.2, 0) is 6.42 Å². The predicted molar refractivity (Wildman–Crippen MR) is 68.7 cm³/mol. The van der Waals surface area contributed by atoms with Gasteiger partial charge in [0.05, 0.1) is 0 Å². The largest absolute Gasteiger partial charge is 0.384 e. The van der Waals surface area contributed by atoms with Crippen molar-refractivity contribution in [3.8, 4) is 11.1 Å². The summed E-state index contributed by atoms with van der Waals surface area (Å²) in [6.45, 7) is 2.47. The number of halogens is 2. The van der Waals surface area contributed by atoms with Gasteiger partial charge >= 0.3 is 0 Å². The molecule has 0 spiro atoms. The molecule has 2 aromatic carbocycles. The highest BCUT2D eigenvalue weighted by Gasteiger charge is 2.15. The molecule has 0 unspecified atom stereocenters. The van der Waals surface area contributed by atoms with Gasteiger partial charge in [-0.2, -0.15) is 0 Å². The van der Waals surface area contributed by atoms with Gasteiger partial charge in [-0.3, -0.25) is 0 Å². The molecule has 1 N–H and O–H groups in total. The average molecular weight is 245 g/mol. The number of hydrogen-bond acceptors (Lipinski definition) is 1. The molecule has 1 aliphatic heterocycles. The van der Waals surface area contributed by atoms with Gasteiger partial charge in [0.25, 0.3) is 0 Å². The minimum atomic E-state index is -0.770. The van der Waals surface area contributed by atoms with Crippen molar-refractivity contribution >= 4 is 5.69 Å². The highest BCUT2D eigenvalue weighted by molar-refractivity contribution is 5.72. The Bertz CT molecular complexity index is 620. The van der Waals surface area contributed by atoms with E-state index in [0.29, 0.717) is 16.7 Å². The molecule has 0 saturated heterocycles. The van der Waals surface area contributed by atoms with E-state index in [2.05, 4.69) is 5.32 Å². The molecule has 0 saturated carbocycles. The van der Waals surface area contributed by atoms with Gasteiger partial charge in [0.15, 0.2) is 11.6 Å². The van der Waals surface area contributed by atoms with Gasteiger partial charge in [-0.05, 0) is 36.1 Å². The van der Waals surface area contributed by atoms with Crippen molar-refractivity contribution in [1.29, 1.82) is 0 Å². The van der Waals surface area contributed by atoms with Crippen LogP contribution < -0.4 is 5.32 Å². The van der Waals surface area contributed by atoms with E-state index in [1.165, 1.54) is 5.56 Å². The molecular formula is C15H13F2N. The summed E-state index contributed by atoms with van der Waals surface area (Å²) in [5.74, 6) is -1.53. The number of fused-ring (bicyclic) bond motifs is 1. The first-order chi connectivity index (χ1) is 8.66. The second-order valence-corrected chi connectivity index (χ2v) is 4.61. The van der Waals surface area contributed by atoms with Crippen LogP contribution in [0, 0.1) is 18.6 Å². The minimum absolute atomic E-state index is 0.314. The average Bonchev–Trinajstić information content (AvgIpc) is 2.83. The van der Waals surface area contributed by atoms with Gasteiger partial charge in [-0.1, -0.05) is 24.3 Å². The lowest BCUT2D eigenvalue weighted by Gasteiger charge is -2.08. The first-order valence-electron chi connectivity index (χ1n) is 5.98. The van der Waals surface area contributed by atoms with Gasteiger partial charge < -0.3 is 5.32 Å². The SMILES string of the molecule is Cc1ccc(-c2ccc3c(c2)NCC3)c(F)c1F. The molecule has 0 aliphatic carbocycles. The lowest BCUT2D eigenvalue weighted by Crippen LogP contribution is -1.94. The Kier molecular flexibility index (Phi) is 2.54. The molecule has 3 rings (SSSR count). The summed E-state index contributed by atoms with van der Waals surface area (Å²) in [4.78, 5) is 0. The third kappa shape index (κ3) is 1.67. The van der Waals surface area contributed by atoms with E-state index in [-0.39, 0.29) is 0 Å². The van der Waals surface area contributed by atoms with Gasteiger partial charge in [0.1, 0.15) is 0 Å². The molecule has 0 aromatic heterocycles. The predicted octanol–water partition coefficient (Wildman–Crippen LogP) is 3.91. The van der Waals surface area contributed by atoms with E-state index in [9.17, 15) is 8.78 Å². The molecule has 0 fully saturated rings. The molecule has 18 heavy (non-hydrogen) atoms. The van der Waals surface area contributed by atoms with Gasteiger partial charge in [-0.25, -0.2) is 8.78 Å². The summed E-state index contributed by atoms with van der Waals surface area (Å²) in [7, 11) is 0. The zero-order valence-corrected chi connectivity index (χ0v) is 10.1. The normalized spacial score (nSPS) is 13.3. The Morgan fingerprint density at radius 3 is 2.72 bits per heavy atom.